The van der Waals surface area contributed by atoms with Crippen LogP contribution in [0.1, 0.15) is 31.2 Å². The van der Waals surface area contributed by atoms with Gasteiger partial charge in [0, 0.05) is 19.1 Å². The molecule has 92 valence electrons. The highest BCUT2D eigenvalue weighted by atomic mass is 16.5. The van der Waals surface area contributed by atoms with Crippen molar-refractivity contribution >= 4 is 0 Å². The van der Waals surface area contributed by atoms with E-state index in [1.807, 2.05) is 0 Å². The molecule has 0 bridgehead atoms. The van der Waals surface area contributed by atoms with Crippen LogP contribution in [-0.4, -0.2) is 30.2 Å². The average molecular weight is 231 g/mol. The normalized spacial score (nSPS) is 29.9. The van der Waals surface area contributed by atoms with Gasteiger partial charge in [-0.15, -0.1) is 0 Å². The van der Waals surface area contributed by atoms with Gasteiger partial charge < -0.3 is 4.74 Å². The number of hydrogen-bond acceptors (Lipinski definition) is 2. The van der Waals surface area contributed by atoms with E-state index in [0.717, 1.165) is 19.7 Å². The molecule has 2 fully saturated rings. The van der Waals surface area contributed by atoms with Crippen molar-refractivity contribution in [3.63, 3.8) is 0 Å². The number of hydrogen-bond donors (Lipinski definition) is 0. The topological polar surface area (TPSA) is 12.5 Å². The van der Waals surface area contributed by atoms with Crippen molar-refractivity contribution in [3.05, 3.63) is 35.9 Å². The van der Waals surface area contributed by atoms with Crippen LogP contribution < -0.4 is 0 Å². The molecule has 0 amide bonds. The van der Waals surface area contributed by atoms with Gasteiger partial charge in [0.15, 0.2) is 0 Å². The van der Waals surface area contributed by atoms with Gasteiger partial charge in [-0.1, -0.05) is 43.2 Å². The molecule has 2 atom stereocenters. The number of benzene rings is 1. The lowest BCUT2D eigenvalue weighted by Crippen LogP contribution is -2.52. The third-order valence-corrected chi connectivity index (χ3v) is 4.08. The summed E-state index contributed by atoms with van der Waals surface area (Å²) < 4.78 is 5.91. The Morgan fingerprint density at radius 2 is 1.94 bits per heavy atom. The number of rotatable bonds is 2. The van der Waals surface area contributed by atoms with E-state index in [-0.39, 0.29) is 0 Å². The standard InChI is InChI=1S/C15H21NO/c1-2-6-13(7-3-1)12-16-10-11-17-15-9-5-4-8-14(15)16/h1-3,6-7,14-15H,4-5,8-12H2/t14-,15+/m1/s1. The maximum atomic E-state index is 5.91. The lowest BCUT2D eigenvalue weighted by atomic mass is 9.90. The van der Waals surface area contributed by atoms with Gasteiger partial charge in [-0.05, 0) is 18.4 Å². The van der Waals surface area contributed by atoms with Gasteiger partial charge in [0.05, 0.1) is 12.7 Å². The van der Waals surface area contributed by atoms with Gasteiger partial charge >= 0.3 is 0 Å². The van der Waals surface area contributed by atoms with E-state index in [1.165, 1.54) is 31.2 Å². The fourth-order valence-electron chi connectivity index (χ4n) is 3.19. The number of fused-ring (bicyclic) bond motifs is 1. The smallest absolute Gasteiger partial charge is 0.0731 e. The fourth-order valence-corrected chi connectivity index (χ4v) is 3.19. The van der Waals surface area contributed by atoms with Crippen molar-refractivity contribution in [2.75, 3.05) is 13.2 Å². The molecule has 2 heteroatoms. The molecule has 3 rings (SSSR count). The Morgan fingerprint density at radius 3 is 2.82 bits per heavy atom. The monoisotopic (exact) mass is 231 g/mol. The molecule has 1 aliphatic heterocycles. The Kier molecular flexibility index (Phi) is 3.44. The Morgan fingerprint density at radius 1 is 1.12 bits per heavy atom. The van der Waals surface area contributed by atoms with Crippen molar-refractivity contribution in [2.45, 2.75) is 44.4 Å². The Hall–Kier alpha value is -0.860. The molecule has 1 aliphatic carbocycles. The summed E-state index contributed by atoms with van der Waals surface area (Å²) in [4.78, 5) is 2.63. The first-order chi connectivity index (χ1) is 8.43. The number of nitrogens with zero attached hydrogens (tertiary/aromatic N) is 1. The second-order valence-electron chi connectivity index (χ2n) is 5.22. The molecule has 1 aromatic rings. The average Bonchev–Trinajstić information content (AvgIpc) is 2.40. The summed E-state index contributed by atoms with van der Waals surface area (Å²) in [7, 11) is 0. The molecule has 0 unspecified atom stereocenters. The van der Waals surface area contributed by atoms with E-state index in [1.54, 1.807) is 0 Å². The van der Waals surface area contributed by atoms with Crippen LogP contribution in [0.5, 0.6) is 0 Å². The van der Waals surface area contributed by atoms with Crippen molar-refractivity contribution in [1.29, 1.82) is 0 Å². The minimum absolute atomic E-state index is 0.501. The highest BCUT2D eigenvalue weighted by molar-refractivity contribution is 5.14. The van der Waals surface area contributed by atoms with Crippen LogP contribution in [0.2, 0.25) is 0 Å². The summed E-state index contributed by atoms with van der Waals surface area (Å²) in [5.74, 6) is 0. The van der Waals surface area contributed by atoms with Gasteiger partial charge in [-0.25, -0.2) is 0 Å². The first-order valence-electron chi connectivity index (χ1n) is 6.83. The van der Waals surface area contributed by atoms with Gasteiger partial charge in [0.1, 0.15) is 0 Å². The van der Waals surface area contributed by atoms with Crippen molar-refractivity contribution in [3.8, 4) is 0 Å². The van der Waals surface area contributed by atoms with E-state index in [9.17, 15) is 0 Å². The maximum absolute atomic E-state index is 5.91. The second-order valence-corrected chi connectivity index (χ2v) is 5.22. The third kappa shape index (κ3) is 2.53. The number of morpholine rings is 1. The van der Waals surface area contributed by atoms with E-state index in [4.69, 9.17) is 4.74 Å². The SMILES string of the molecule is c1ccc(CN2CCO[C@H]3CCCC[C@H]32)cc1. The molecule has 1 saturated carbocycles. The second kappa shape index (κ2) is 5.19. The van der Waals surface area contributed by atoms with Crippen molar-refractivity contribution in [1.82, 2.24) is 4.90 Å². The molecule has 0 radical (unpaired) electrons. The lowest BCUT2D eigenvalue weighted by molar-refractivity contribution is -0.0911. The molecule has 17 heavy (non-hydrogen) atoms. The summed E-state index contributed by atoms with van der Waals surface area (Å²) in [5, 5.41) is 0. The molecular weight excluding hydrogens is 210 g/mol. The van der Waals surface area contributed by atoms with Crippen molar-refractivity contribution < 1.29 is 4.74 Å². The molecular formula is C15H21NO. The molecule has 2 aliphatic rings. The number of ether oxygens (including phenoxy) is 1. The quantitative estimate of drug-likeness (QED) is 0.776. The zero-order valence-corrected chi connectivity index (χ0v) is 10.3. The van der Waals surface area contributed by atoms with Crippen LogP contribution in [0.15, 0.2) is 30.3 Å². The highest BCUT2D eigenvalue weighted by Gasteiger charge is 2.33. The van der Waals surface area contributed by atoms with Gasteiger partial charge in [0.2, 0.25) is 0 Å². The largest absolute Gasteiger partial charge is 0.375 e. The fraction of sp³-hybridized carbons (Fsp3) is 0.600. The molecule has 1 aromatic carbocycles. The van der Waals surface area contributed by atoms with Crippen LogP contribution >= 0.6 is 0 Å². The molecule has 0 aromatic heterocycles. The Labute approximate surface area is 104 Å². The van der Waals surface area contributed by atoms with Gasteiger partial charge in [-0.3, -0.25) is 4.90 Å². The zero-order valence-electron chi connectivity index (χ0n) is 10.3. The molecule has 2 nitrogen and oxygen atoms in total. The first kappa shape index (κ1) is 11.2. The third-order valence-electron chi connectivity index (χ3n) is 4.08. The Bertz CT molecular complexity index is 349. The van der Waals surface area contributed by atoms with Crippen LogP contribution in [0.25, 0.3) is 0 Å². The zero-order chi connectivity index (χ0) is 11.5. The van der Waals surface area contributed by atoms with Crippen LogP contribution in [-0.2, 0) is 11.3 Å². The van der Waals surface area contributed by atoms with Crippen molar-refractivity contribution in [2.24, 2.45) is 0 Å². The minimum Gasteiger partial charge on any atom is -0.375 e. The minimum atomic E-state index is 0.501. The van der Waals surface area contributed by atoms with E-state index in [2.05, 4.69) is 35.2 Å². The van der Waals surface area contributed by atoms with Gasteiger partial charge in [0.25, 0.3) is 0 Å². The van der Waals surface area contributed by atoms with Gasteiger partial charge in [-0.2, -0.15) is 0 Å². The molecule has 0 N–H and O–H groups in total. The predicted octanol–water partition coefficient (Wildman–Crippen LogP) is 2.83. The first-order valence-corrected chi connectivity index (χ1v) is 6.83. The Balaban J connectivity index is 1.69. The van der Waals surface area contributed by atoms with Crippen LogP contribution in [0, 0.1) is 0 Å². The van der Waals surface area contributed by atoms with E-state index < -0.39 is 0 Å². The molecule has 1 saturated heterocycles. The highest BCUT2D eigenvalue weighted by Crippen LogP contribution is 2.29. The summed E-state index contributed by atoms with van der Waals surface area (Å²) >= 11 is 0. The van der Waals surface area contributed by atoms with E-state index >= 15 is 0 Å². The molecule has 0 spiro atoms. The van der Waals surface area contributed by atoms with Crippen LogP contribution in [0.3, 0.4) is 0 Å². The van der Waals surface area contributed by atoms with E-state index in [0.29, 0.717) is 12.1 Å². The lowest BCUT2D eigenvalue weighted by Gasteiger charge is -2.43. The summed E-state index contributed by atoms with van der Waals surface area (Å²) in [6.07, 6.45) is 5.80. The maximum Gasteiger partial charge on any atom is 0.0731 e. The summed E-state index contributed by atoms with van der Waals surface area (Å²) in [5.41, 5.74) is 1.43. The molecule has 1 heterocycles. The predicted molar refractivity (Wildman–Crippen MR) is 68.8 cm³/mol. The van der Waals surface area contributed by atoms with Crippen LogP contribution in [0.4, 0.5) is 0 Å². The summed E-state index contributed by atoms with van der Waals surface area (Å²) in [6, 6.07) is 11.5. The summed E-state index contributed by atoms with van der Waals surface area (Å²) in [6.45, 7) is 3.09.